The maximum atomic E-state index is 13.0. The van der Waals surface area contributed by atoms with E-state index in [4.69, 9.17) is 14.2 Å². The van der Waals surface area contributed by atoms with Crippen molar-refractivity contribution >= 4 is 0 Å². The summed E-state index contributed by atoms with van der Waals surface area (Å²) in [6.45, 7) is 4.60. The number of aryl methyl sites for hydroxylation is 1. The van der Waals surface area contributed by atoms with Crippen molar-refractivity contribution in [3.8, 4) is 17.2 Å². The molecular weight excluding hydrogens is 295 g/mol. The van der Waals surface area contributed by atoms with E-state index < -0.39 is 0 Å². The first-order valence-corrected chi connectivity index (χ1v) is 7.66. The molecule has 0 heterocycles. The summed E-state index contributed by atoms with van der Waals surface area (Å²) in [7, 11) is 3.23. The summed E-state index contributed by atoms with van der Waals surface area (Å²) in [4.78, 5) is 0. The Bertz CT molecular complexity index is 613. The molecule has 23 heavy (non-hydrogen) atoms. The largest absolute Gasteiger partial charge is 0.493 e. The van der Waals surface area contributed by atoms with Crippen molar-refractivity contribution < 1.29 is 18.6 Å². The molecule has 0 saturated heterocycles. The van der Waals surface area contributed by atoms with Crippen LogP contribution >= 0.6 is 0 Å². The molecule has 1 atom stereocenters. The van der Waals surface area contributed by atoms with Crippen LogP contribution in [0.2, 0.25) is 0 Å². The zero-order valence-electron chi connectivity index (χ0n) is 14.1. The van der Waals surface area contributed by atoms with Crippen molar-refractivity contribution in [2.75, 3.05) is 20.8 Å². The second kappa shape index (κ2) is 7.86. The van der Waals surface area contributed by atoms with Gasteiger partial charge in [0, 0.05) is 0 Å². The Balaban J connectivity index is 2.02. The average molecular weight is 318 g/mol. The van der Waals surface area contributed by atoms with Gasteiger partial charge in [0.1, 0.15) is 5.82 Å². The predicted octanol–water partition coefficient (Wildman–Crippen LogP) is 4.72. The van der Waals surface area contributed by atoms with Crippen LogP contribution in [0.15, 0.2) is 36.4 Å². The van der Waals surface area contributed by atoms with Gasteiger partial charge in [0.25, 0.3) is 0 Å². The molecule has 0 radical (unpaired) electrons. The molecule has 0 N–H and O–H groups in total. The fourth-order valence-corrected chi connectivity index (χ4v) is 2.45. The molecule has 0 aliphatic carbocycles. The van der Waals surface area contributed by atoms with Crippen LogP contribution in [-0.2, 0) is 0 Å². The molecule has 0 saturated carbocycles. The van der Waals surface area contributed by atoms with Gasteiger partial charge in [-0.15, -0.1) is 0 Å². The fraction of sp³-hybridized carbons (Fsp3) is 0.368. The van der Waals surface area contributed by atoms with Gasteiger partial charge in [-0.25, -0.2) is 4.39 Å². The highest BCUT2D eigenvalue weighted by molar-refractivity contribution is 5.53. The predicted molar refractivity (Wildman–Crippen MR) is 89.2 cm³/mol. The minimum Gasteiger partial charge on any atom is -0.493 e. The topological polar surface area (TPSA) is 27.7 Å². The number of methoxy groups -OCH3 is 2. The van der Waals surface area contributed by atoms with E-state index in [-0.39, 0.29) is 11.7 Å². The number of halogens is 1. The second-order valence-electron chi connectivity index (χ2n) is 5.59. The summed E-state index contributed by atoms with van der Waals surface area (Å²) in [6.07, 6.45) is 0.811. The van der Waals surface area contributed by atoms with Crippen LogP contribution in [0.5, 0.6) is 17.2 Å². The maximum absolute atomic E-state index is 13.0. The van der Waals surface area contributed by atoms with Crippen molar-refractivity contribution in [3.05, 3.63) is 53.3 Å². The van der Waals surface area contributed by atoms with E-state index in [0.29, 0.717) is 23.9 Å². The number of ether oxygens (including phenoxy) is 3. The molecular formula is C19H23FO3. The van der Waals surface area contributed by atoms with Crippen molar-refractivity contribution in [3.63, 3.8) is 0 Å². The fourth-order valence-electron chi connectivity index (χ4n) is 2.45. The second-order valence-corrected chi connectivity index (χ2v) is 5.59. The summed E-state index contributed by atoms with van der Waals surface area (Å²) in [5.41, 5.74) is 2.14. The molecule has 4 heteroatoms. The molecule has 0 aromatic heterocycles. The Hall–Kier alpha value is -2.23. The van der Waals surface area contributed by atoms with Gasteiger partial charge in [0.2, 0.25) is 5.75 Å². The van der Waals surface area contributed by atoms with Crippen LogP contribution in [-0.4, -0.2) is 20.8 Å². The number of benzene rings is 2. The molecule has 1 unspecified atom stereocenters. The van der Waals surface area contributed by atoms with Crippen LogP contribution in [0.25, 0.3) is 0 Å². The van der Waals surface area contributed by atoms with E-state index in [1.165, 1.54) is 12.1 Å². The summed E-state index contributed by atoms with van der Waals surface area (Å²) >= 11 is 0. The van der Waals surface area contributed by atoms with Gasteiger partial charge in [0.05, 0.1) is 20.8 Å². The van der Waals surface area contributed by atoms with Crippen LogP contribution in [0.4, 0.5) is 4.39 Å². The first-order valence-electron chi connectivity index (χ1n) is 7.66. The van der Waals surface area contributed by atoms with Crippen molar-refractivity contribution in [1.82, 2.24) is 0 Å². The van der Waals surface area contributed by atoms with Gasteiger partial charge in [-0.3, -0.25) is 0 Å². The molecule has 0 aliphatic rings. The smallest absolute Gasteiger partial charge is 0.203 e. The average Bonchev–Trinajstić information content (AvgIpc) is 2.55. The van der Waals surface area contributed by atoms with Gasteiger partial charge in [0.15, 0.2) is 11.5 Å². The third kappa shape index (κ3) is 4.38. The monoisotopic (exact) mass is 318 g/mol. The van der Waals surface area contributed by atoms with E-state index in [2.05, 4.69) is 6.92 Å². The molecule has 0 aliphatic heterocycles. The molecule has 3 nitrogen and oxygen atoms in total. The summed E-state index contributed by atoms with van der Waals surface area (Å²) in [5, 5.41) is 0. The van der Waals surface area contributed by atoms with E-state index in [1.54, 1.807) is 14.2 Å². The Kier molecular flexibility index (Phi) is 5.85. The lowest BCUT2D eigenvalue weighted by Gasteiger charge is -2.17. The van der Waals surface area contributed by atoms with Crippen LogP contribution in [0.3, 0.4) is 0 Å². The molecule has 2 rings (SSSR count). The number of hydrogen-bond acceptors (Lipinski definition) is 3. The quantitative estimate of drug-likeness (QED) is 0.739. The highest BCUT2D eigenvalue weighted by atomic mass is 19.1. The van der Waals surface area contributed by atoms with Crippen LogP contribution in [0.1, 0.15) is 30.4 Å². The minimum atomic E-state index is -0.216. The van der Waals surface area contributed by atoms with Crippen molar-refractivity contribution in [2.45, 2.75) is 26.2 Å². The van der Waals surface area contributed by atoms with Crippen molar-refractivity contribution in [1.29, 1.82) is 0 Å². The molecule has 2 aromatic rings. The zero-order chi connectivity index (χ0) is 16.8. The Morgan fingerprint density at radius 2 is 1.57 bits per heavy atom. The third-order valence-electron chi connectivity index (χ3n) is 3.84. The van der Waals surface area contributed by atoms with Crippen molar-refractivity contribution in [2.24, 2.45) is 0 Å². The van der Waals surface area contributed by atoms with Gasteiger partial charge in [-0.1, -0.05) is 19.1 Å². The molecule has 2 aromatic carbocycles. The maximum Gasteiger partial charge on any atom is 0.203 e. The summed E-state index contributed by atoms with van der Waals surface area (Å²) in [5.74, 6) is 2.00. The van der Waals surface area contributed by atoms with Crippen LogP contribution in [0, 0.1) is 12.7 Å². The third-order valence-corrected chi connectivity index (χ3v) is 3.84. The molecule has 0 amide bonds. The van der Waals surface area contributed by atoms with Gasteiger partial charge < -0.3 is 14.2 Å². The first-order chi connectivity index (χ1) is 11.0. The van der Waals surface area contributed by atoms with E-state index in [9.17, 15) is 4.39 Å². The number of rotatable bonds is 7. The van der Waals surface area contributed by atoms with Crippen LogP contribution < -0.4 is 14.2 Å². The van der Waals surface area contributed by atoms with E-state index in [0.717, 1.165) is 17.5 Å². The zero-order valence-corrected chi connectivity index (χ0v) is 14.1. The Morgan fingerprint density at radius 1 is 1.00 bits per heavy atom. The Labute approximate surface area is 137 Å². The SMILES string of the molecule is COc1cc(C)cc(OC)c1OCCC(C)c1ccc(F)cc1. The lowest BCUT2D eigenvalue weighted by Crippen LogP contribution is -2.05. The van der Waals surface area contributed by atoms with Gasteiger partial charge >= 0.3 is 0 Å². The standard InChI is InChI=1S/C19H23FO3/c1-13-11-17(21-3)19(18(12-13)22-4)23-10-9-14(2)15-5-7-16(20)8-6-15/h5-8,11-12,14H,9-10H2,1-4H3. The number of hydrogen-bond donors (Lipinski definition) is 0. The van der Waals surface area contributed by atoms with Gasteiger partial charge in [-0.05, 0) is 54.7 Å². The summed E-state index contributed by atoms with van der Waals surface area (Å²) < 4.78 is 29.6. The van der Waals surface area contributed by atoms with E-state index >= 15 is 0 Å². The first kappa shape index (κ1) is 17.1. The minimum absolute atomic E-state index is 0.216. The molecule has 124 valence electrons. The normalized spacial score (nSPS) is 11.9. The lowest BCUT2D eigenvalue weighted by molar-refractivity contribution is 0.264. The molecule has 0 bridgehead atoms. The van der Waals surface area contributed by atoms with E-state index in [1.807, 2.05) is 31.2 Å². The highest BCUT2D eigenvalue weighted by Crippen LogP contribution is 2.38. The summed E-state index contributed by atoms with van der Waals surface area (Å²) in [6, 6.07) is 10.4. The van der Waals surface area contributed by atoms with Gasteiger partial charge in [-0.2, -0.15) is 0 Å². The highest BCUT2D eigenvalue weighted by Gasteiger charge is 2.14. The Morgan fingerprint density at radius 3 is 2.09 bits per heavy atom. The molecule has 0 spiro atoms. The lowest BCUT2D eigenvalue weighted by atomic mass is 9.98. The molecule has 0 fully saturated rings.